The molecule has 6 rings (SSSR count). The summed E-state index contributed by atoms with van der Waals surface area (Å²) in [7, 11) is 0. The van der Waals surface area contributed by atoms with Gasteiger partial charge in [0, 0.05) is 42.0 Å². The zero-order chi connectivity index (χ0) is 24.1. The highest BCUT2D eigenvalue weighted by Crippen LogP contribution is 2.40. The number of fused-ring (bicyclic) bond motifs is 2. The molecular weight excluding hydrogens is 489 g/mol. The number of carboxylic acid groups (broad SMARTS) is 1. The summed E-state index contributed by atoms with van der Waals surface area (Å²) >= 11 is 13.6. The maximum atomic E-state index is 11.6. The third-order valence-electron chi connectivity index (χ3n) is 6.97. The standard InChI is InChI=1S/C25H25Cl2N5O3/c26-20-12-18(16-3-5-17(6-4-16)29-8-10-35-11-9-29)24(27)25-19(20)14-32(28-25)31-15-30-7-1-2-21(30)22(31)13-23(33)34/h3-6,12,14H,1-2,7-11,13,15H2,(H,33,34). The van der Waals surface area contributed by atoms with Crippen LogP contribution >= 0.6 is 23.2 Å². The van der Waals surface area contributed by atoms with Crippen molar-refractivity contribution in [3.63, 3.8) is 0 Å². The second kappa shape index (κ2) is 8.93. The topological polar surface area (TPSA) is 74.1 Å². The molecule has 0 atom stereocenters. The van der Waals surface area contributed by atoms with Crippen LogP contribution in [-0.4, -0.2) is 65.4 Å². The van der Waals surface area contributed by atoms with E-state index in [1.807, 2.05) is 17.3 Å². The zero-order valence-electron chi connectivity index (χ0n) is 19.1. The highest BCUT2D eigenvalue weighted by atomic mass is 35.5. The van der Waals surface area contributed by atoms with Gasteiger partial charge in [0.05, 0.1) is 41.6 Å². The molecule has 0 spiro atoms. The van der Waals surface area contributed by atoms with Crippen LogP contribution in [0, 0.1) is 0 Å². The number of anilines is 1. The van der Waals surface area contributed by atoms with Crippen molar-refractivity contribution in [1.82, 2.24) is 14.8 Å². The first kappa shape index (κ1) is 22.5. The lowest BCUT2D eigenvalue weighted by atomic mass is 10.0. The summed E-state index contributed by atoms with van der Waals surface area (Å²) in [5.41, 5.74) is 5.38. The molecule has 3 aliphatic rings. The Morgan fingerprint density at radius 1 is 1.09 bits per heavy atom. The van der Waals surface area contributed by atoms with Gasteiger partial charge in [0.1, 0.15) is 12.2 Å². The van der Waals surface area contributed by atoms with Crippen molar-refractivity contribution in [3.8, 4) is 11.1 Å². The van der Waals surface area contributed by atoms with E-state index in [2.05, 4.69) is 34.1 Å². The summed E-state index contributed by atoms with van der Waals surface area (Å²) < 4.78 is 5.45. The Hall–Kier alpha value is -2.94. The minimum atomic E-state index is -0.859. The molecule has 1 aromatic heterocycles. The average molecular weight is 514 g/mol. The van der Waals surface area contributed by atoms with E-state index in [9.17, 15) is 9.90 Å². The van der Waals surface area contributed by atoms with Crippen molar-refractivity contribution >= 4 is 45.8 Å². The summed E-state index contributed by atoms with van der Waals surface area (Å²) in [5.74, 6) is -0.859. The molecule has 4 heterocycles. The third kappa shape index (κ3) is 3.99. The number of hydrogen-bond donors (Lipinski definition) is 1. The summed E-state index contributed by atoms with van der Waals surface area (Å²) in [6.07, 6.45) is 3.70. The van der Waals surface area contributed by atoms with E-state index in [1.165, 1.54) is 0 Å². The van der Waals surface area contributed by atoms with Crippen LogP contribution in [0.2, 0.25) is 10.0 Å². The van der Waals surface area contributed by atoms with Gasteiger partial charge in [-0.2, -0.15) is 9.89 Å². The molecule has 182 valence electrons. The fourth-order valence-corrected chi connectivity index (χ4v) is 5.79. The third-order valence-corrected chi connectivity index (χ3v) is 7.66. The van der Waals surface area contributed by atoms with Gasteiger partial charge in [-0.3, -0.25) is 4.79 Å². The number of carbonyl (C=O) groups is 1. The van der Waals surface area contributed by atoms with E-state index in [0.717, 1.165) is 79.3 Å². The number of rotatable bonds is 5. The quantitative estimate of drug-likeness (QED) is 0.536. The molecule has 1 N–H and O–H groups in total. The summed E-state index contributed by atoms with van der Waals surface area (Å²) in [6, 6.07) is 10.2. The van der Waals surface area contributed by atoms with Crippen LogP contribution in [0.3, 0.4) is 0 Å². The Morgan fingerprint density at radius 2 is 1.86 bits per heavy atom. The van der Waals surface area contributed by atoms with E-state index in [-0.39, 0.29) is 6.42 Å². The molecule has 0 saturated carbocycles. The largest absolute Gasteiger partial charge is 0.481 e. The number of halogens is 2. The fraction of sp³-hybridized carbons (Fsp3) is 0.360. The fourth-order valence-electron chi connectivity index (χ4n) is 5.24. The van der Waals surface area contributed by atoms with Crippen molar-refractivity contribution in [3.05, 3.63) is 58.0 Å². The lowest BCUT2D eigenvalue weighted by molar-refractivity contribution is -0.136. The van der Waals surface area contributed by atoms with E-state index < -0.39 is 5.97 Å². The van der Waals surface area contributed by atoms with E-state index in [0.29, 0.717) is 22.2 Å². The Labute approximate surface area is 212 Å². The molecule has 3 aromatic rings. The molecule has 2 saturated heterocycles. The van der Waals surface area contributed by atoms with Gasteiger partial charge in [0.25, 0.3) is 0 Å². The number of hydrogen-bond acceptors (Lipinski definition) is 6. The van der Waals surface area contributed by atoms with Crippen molar-refractivity contribution in [2.24, 2.45) is 0 Å². The Balaban J connectivity index is 1.35. The summed E-state index contributed by atoms with van der Waals surface area (Å²) in [5, 5.41) is 18.0. The van der Waals surface area contributed by atoms with Gasteiger partial charge in [0.2, 0.25) is 0 Å². The van der Waals surface area contributed by atoms with Gasteiger partial charge in [-0.15, -0.1) is 0 Å². The van der Waals surface area contributed by atoms with Crippen LogP contribution < -0.4 is 9.91 Å². The second-order valence-electron chi connectivity index (χ2n) is 9.05. The van der Waals surface area contributed by atoms with Gasteiger partial charge < -0.3 is 19.6 Å². The molecule has 0 aliphatic carbocycles. The van der Waals surface area contributed by atoms with E-state index in [1.54, 1.807) is 4.79 Å². The van der Waals surface area contributed by atoms with Gasteiger partial charge in [-0.25, -0.2) is 5.01 Å². The van der Waals surface area contributed by atoms with Gasteiger partial charge in [-0.05, 0) is 36.6 Å². The lowest BCUT2D eigenvalue weighted by Crippen LogP contribution is -2.36. The first-order valence-corrected chi connectivity index (χ1v) is 12.5. The number of aliphatic carboxylic acids is 1. The first-order valence-electron chi connectivity index (χ1n) is 11.8. The smallest absolute Gasteiger partial charge is 0.309 e. The van der Waals surface area contributed by atoms with Gasteiger partial charge in [0.15, 0.2) is 0 Å². The average Bonchev–Trinajstić information content (AvgIpc) is 3.58. The molecule has 0 bridgehead atoms. The minimum absolute atomic E-state index is 0.0513. The zero-order valence-corrected chi connectivity index (χ0v) is 20.6. The van der Waals surface area contributed by atoms with Crippen LogP contribution in [0.4, 0.5) is 5.69 Å². The molecule has 3 aliphatic heterocycles. The molecule has 0 radical (unpaired) electrons. The number of aromatic nitrogens is 2. The van der Waals surface area contributed by atoms with Crippen molar-refractivity contribution < 1.29 is 14.6 Å². The summed E-state index contributed by atoms with van der Waals surface area (Å²) in [6.45, 7) is 4.72. The number of allylic oxidation sites excluding steroid dienone is 1. The molecule has 0 amide bonds. The number of nitrogens with zero attached hydrogens (tertiary/aromatic N) is 5. The number of ether oxygens (including phenoxy) is 1. The van der Waals surface area contributed by atoms with E-state index >= 15 is 0 Å². The van der Waals surface area contributed by atoms with Crippen LogP contribution in [0.15, 0.2) is 47.9 Å². The van der Waals surface area contributed by atoms with Crippen LogP contribution in [0.5, 0.6) is 0 Å². The van der Waals surface area contributed by atoms with Crippen LogP contribution in [-0.2, 0) is 9.53 Å². The molecule has 2 aromatic carbocycles. The van der Waals surface area contributed by atoms with Gasteiger partial charge in [-0.1, -0.05) is 35.3 Å². The van der Waals surface area contributed by atoms with Crippen molar-refractivity contribution in [2.45, 2.75) is 19.3 Å². The second-order valence-corrected chi connectivity index (χ2v) is 9.84. The number of carboxylic acids is 1. The molecular formula is C25H25Cl2N5O3. The van der Waals surface area contributed by atoms with Crippen LogP contribution in [0.1, 0.15) is 19.3 Å². The monoisotopic (exact) mass is 513 g/mol. The highest BCUT2D eigenvalue weighted by Gasteiger charge is 2.34. The molecule has 10 heteroatoms. The van der Waals surface area contributed by atoms with Crippen LogP contribution in [0.25, 0.3) is 22.0 Å². The Morgan fingerprint density at radius 3 is 2.60 bits per heavy atom. The maximum absolute atomic E-state index is 11.6. The number of benzene rings is 2. The normalized spacial score (nSPS) is 18.2. The van der Waals surface area contributed by atoms with Crippen molar-refractivity contribution in [1.29, 1.82) is 0 Å². The SMILES string of the molecule is O=C(O)CC1=C2CCCN2CN1n1cc2c(Cl)cc(-c3ccc(N4CCOCC4)cc3)c(Cl)c2n1. The van der Waals surface area contributed by atoms with Gasteiger partial charge >= 0.3 is 5.97 Å². The molecule has 8 nitrogen and oxygen atoms in total. The van der Waals surface area contributed by atoms with E-state index in [4.69, 9.17) is 33.0 Å². The molecule has 0 unspecified atom stereocenters. The Bertz CT molecular complexity index is 1330. The first-order chi connectivity index (χ1) is 17.0. The summed E-state index contributed by atoms with van der Waals surface area (Å²) in [4.78, 5) is 17.8. The minimum Gasteiger partial charge on any atom is -0.481 e. The predicted molar refractivity (Wildman–Crippen MR) is 137 cm³/mol. The molecule has 35 heavy (non-hydrogen) atoms. The molecule has 2 fully saturated rings. The highest BCUT2D eigenvalue weighted by molar-refractivity contribution is 6.42. The number of morpholine rings is 1. The van der Waals surface area contributed by atoms with Crippen molar-refractivity contribution in [2.75, 3.05) is 49.4 Å². The lowest BCUT2D eigenvalue weighted by Gasteiger charge is -2.29. The predicted octanol–water partition coefficient (Wildman–Crippen LogP) is 4.54. The maximum Gasteiger partial charge on any atom is 0.309 e. The Kier molecular flexibility index (Phi) is 5.75.